The number of hydrogen-bond donors (Lipinski definition) is 1. The van der Waals surface area contributed by atoms with E-state index in [0.29, 0.717) is 30.0 Å². The van der Waals surface area contributed by atoms with E-state index in [1.165, 1.54) is 30.3 Å². The van der Waals surface area contributed by atoms with Gasteiger partial charge >= 0.3 is 0 Å². The van der Waals surface area contributed by atoms with Crippen LogP contribution in [0.5, 0.6) is 0 Å². The summed E-state index contributed by atoms with van der Waals surface area (Å²) in [5, 5.41) is 2.73. The molecular weight excluding hydrogens is 478 g/mol. The van der Waals surface area contributed by atoms with Gasteiger partial charge in [0.1, 0.15) is 18.2 Å². The van der Waals surface area contributed by atoms with E-state index in [1.54, 1.807) is 42.1 Å². The first-order valence-electron chi connectivity index (χ1n) is 10.7. The van der Waals surface area contributed by atoms with Gasteiger partial charge in [-0.25, -0.2) is 17.2 Å². The second-order valence-electron chi connectivity index (χ2n) is 7.65. The van der Waals surface area contributed by atoms with Crippen molar-refractivity contribution in [1.29, 1.82) is 0 Å². The van der Waals surface area contributed by atoms with Crippen molar-refractivity contribution in [2.24, 2.45) is 0 Å². The fraction of sp³-hybridized carbons (Fsp3) is 0.240. The zero-order chi connectivity index (χ0) is 24.6. The topological polar surface area (TPSA) is 66.5 Å². The van der Waals surface area contributed by atoms with E-state index < -0.39 is 28.3 Å². The van der Waals surface area contributed by atoms with Crippen LogP contribution in [0.25, 0.3) is 0 Å². The Kier molecular flexibility index (Phi) is 9.06. The Bertz CT molecular complexity index is 1200. The molecule has 0 aromatic heterocycles. The number of anilines is 1. The quantitative estimate of drug-likeness (QED) is 0.377. The number of rotatable bonds is 11. The lowest BCUT2D eigenvalue weighted by Crippen LogP contribution is -2.41. The van der Waals surface area contributed by atoms with Crippen LogP contribution in [0.4, 0.5) is 14.5 Å². The Hall–Kier alpha value is -2.91. The molecule has 0 heterocycles. The molecule has 9 heteroatoms. The molecule has 0 fully saturated rings. The molecule has 0 aliphatic heterocycles. The summed E-state index contributed by atoms with van der Waals surface area (Å²) in [6, 6.07) is 17.9. The van der Waals surface area contributed by atoms with Crippen molar-refractivity contribution in [2.75, 3.05) is 23.1 Å². The molecule has 3 aromatic rings. The van der Waals surface area contributed by atoms with E-state index in [1.807, 2.05) is 6.92 Å². The number of halogens is 2. The van der Waals surface area contributed by atoms with Crippen LogP contribution >= 0.6 is 11.8 Å². The van der Waals surface area contributed by atoms with Gasteiger partial charge in [-0.05, 0) is 67.1 Å². The minimum Gasteiger partial charge on any atom is -0.354 e. The fourth-order valence-corrected chi connectivity index (χ4v) is 5.51. The molecule has 34 heavy (non-hydrogen) atoms. The predicted octanol–water partition coefficient (Wildman–Crippen LogP) is 4.91. The van der Waals surface area contributed by atoms with E-state index in [0.717, 1.165) is 22.0 Å². The average Bonchev–Trinajstić information content (AvgIpc) is 2.82. The lowest BCUT2D eigenvalue weighted by molar-refractivity contribution is -0.119. The van der Waals surface area contributed by atoms with Crippen molar-refractivity contribution in [1.82, 2.24) is 5.32 Å². The van der Waals surface area contributed by atoms with Crippen LogP contribution in [0.2, 0.25) is 0 Å². The lowest BCUT2D eigenvalue weighted by atomic mass is 10.2. The lowest BCUT2D eigenvalue weighted by Gasteiger charge is -2.24. The van der Waals surface area contributed by atoms with E-state index in [4.69, 9.17) is 0 Å². The van der Waals surface area contributed by atoms with Crippen molar-refractivity contribution in [3.05, 3.63) is 95.6 Å². The summed E-state index contributed by atoms with van der Waals surface area (Å²) in [5.41, 5.74) is 1.73. The molecule has 0 spiro atoms. The number of carbonyl (C=O) groups is 1. The van der Waals surface area contributed by atoms with Crippen molar-refractivity contribution < 1.29 is 22.0 Å². The van der Waals surface area contributed by atoms with Crippen molar-refractivity contribution in [2.45, 2.75) is 24.0 Å². The maximum atomic E-state index is 13.6. The number of nitrogens with one attached hydrogen (secondary N) is 1. The van der Waals surface area contributed by atoms with E-state index in [9.17, 15) is 22.0 Å². The van der Waals surface area contributed by atoms with Crippen LogP contribution in [-0.2, 0) is 20.6 Å². The number of amides is 1. The summed E-state index contributed by atoms with van der Waals surface area (Å²) < 4.78 is 54.5. The van der Waals surface area contributed by atoms with Gasteiger partial charge in [-0.1, -0.05) is 35.9 Å². The molecule has 1 amide bonds. The monoisotopic (exact) mass is 504 g/mol. The standard InChI is InChI=1S/C25H26F2N2O3S2/c1-19-7-13-23(14-8-19)34(31,32)29(22-11-9-21(26)10-12-22)17-25(30)28-15-4-16-33-18-20-5-2-3-6-24(20)27/h2-3,5-14H,4,15-18H2,1H3,(H,28,30). The number of hydrogen-bond acceptors (Lipinski definition) is 4. The summed E-state index contributed by atoms with van der Waals surface area (Å²) in [6.45, 7) is 1.76. The third kappa shape index (κ3) is 7.04. The number of nitrogens with zero attached hydrogens (tertiary/aromatic N) is 1. The maximum absolute atomic E-state index is 13.6. The minimum atomic E-state index is -4.04. The van der Waals surface area contributed by atoms with Gasteiger partial charge in [0, 0.05) is 12.3 Å². The average molecular weight is 505 g/mol. The number of thioether (sulfide) groups is 1. The number of aryl methyl sites for hydroxylation is 1. The first-order chi connectivity index (χ1) is 16.3. The van der Waals surface area contributed by atoms with Gasteiger partial charge in [-0.3, -0.25) is 9.10 Å². The summed E-state index contributed by atoms with van der Waals surface area (Å²) in [5.74, 6) is 0.0259. The van der Waals surface area contributed by atoms with E-state index >= 15 is 0 Å². The van der Waals surface area contributed by atoms with Gasteiger partial charge in [0.05, 0.1) is 10.6 Å². The Labute approximate surface area is 203 Å². The highest BCUT2D eigenvalue weighted by Crippen LogP contribution is 2.24. The third-order valence-corrected chi connectivity index (χ3v) is 7.89. The second kappa shape index (κ2) is 12.0. The summed E-state index contributed by atoms with van der Waals surface area (Å²) in [4.78, 5) is 12.6. The molecule has 0 saturated carbocycles. The van der Waals surface area contributed by atoms with Crippen LogP contribution in [-0.4, -0.2) is 33.2 Å². The van der Waals surface area contributed by atoms with Gasteiger partial charge in [0.15, 0.2) is 0 Å². The molecular formula is C25H26F2N2O3S2. The number of carbonyl (C=O) groups excluding carboxylic acids is 1. The smallest absolute Gasteiger partial charge is 0.264 e. The summed E-state index contributed by atoms with van der Waals surface area (Å²) in [6.07, 6.45) is 0.645. The first-order valence-corrected chi connectivity index (χ1v) is 13.3. The molecule has 0 bridgehead atoms. The van der Waals surface area contributed by atoms with Gasteiger partial charge in [0.25, 0.3) is 10.0 Å². The van der Waals surface area contributed by atoms with Gasteiger partial charge in [-0.2, -0.15) is 11.8 Å². The molecule has 3 rings (SSSR count). The molecule has 0 saturated heterocycles. The highest BCUT2D eigenvalue weighted by molar-refractivity contribution is 7.98. The highest BCUT2D eigenvalue weighted by Gasteiger charge is 2.27. The molecule has 0 aliphatic carbocycles. The van der Waals surface area contributed by atoms with Gasteiger partial charge in [0.2, 0.25) is 5.91 Å². The first kappa shape index (κ1) is 25.7. The molecule has 180 valence electrons. The molecule has 5 nitrogen and oxygen atoms in total. The molecule has 0 aliphatic rings. The second-order valence-corrected chi connectivity index (χ2v) is 10.6. The highest BCUT2D eigenvalue weighted by atomic mass is 32.2. The largest absolute Gasteiger partial charge is 0.354 e. The number of benzene rings is 3. The normalized spacial score (nSPS) is 11.3. The maximum Gasteiger partial charge on any atom is 0.264 e. The van der Waals surface area contributed by atoms with Crippen LogP contribution < -0.4 is 9.62 Å². The minimum absolute atomic E-state index is 0.0415. The zero-order valence-electron chi connectivity index (χ0n) is 18.7. The van der Waals surface area contributed by atoms with Crippen LogP contribution in [0.1, 0.15) is 17.5 Å². The molecule has 0 radical (unpaired) electrons. The van der Waals surface area contributed by atoms with Crippen molar-refractivity contribution in [3.63, 3.8) is 0 Å². The summed E-state index contributed by atoms with van der Waals surface area (Å²) >= 11 is 1.55. The van der Waals surface area contributed by atoms with Crippen molar-refractivity contribution >= 4 is 33.4 Å². The number of sulfonamides is 1. The summed E-state index contributed by atoms with van der Waals surface area (Å²) in [7, 11) is -4.04. The molecule has 0 atom stereocenters. The Morgan fingerprint density at radius 1 is 0.971 bits per heavy atom. The van der Waals surface area contributed by atoms with Gasteiger partial charge in [-0.15, -0.1) is 0 Å². The van der Waals surface area contributed by atoms with E-state index in [-0.39, 0.29) is 16.4 Å². The SMILES string of the molecule is Cc1ccc(S(=O)(=O)N(CC(=O)NCCCSCc2ccccc2F)c2ccc(F)cc2)cc1. The zero-order valence-corrected chi connectivity index (χ0v) is 20.3. The predicted molar refractivity (Wildman–Crippen MR) is 132 cm³/mol. The van der Waals surface area contributed by atoms with Crippen molar-refractivity contribution in [3.8, 4) is 0 Å². The Morgan fingerprint density at radius 3 is 2.32 bits per heavy atom. The van der Waals surface area contributed by atoms with Gasteiger partial charge < -0.3 is 5.32 Å². The van der Waals surface area contributed by atoms with Crippen LogP contribution in [0, 0.1) is 18.6 Å². The Balaban J connectivity index is 1.59. The van der Waals surface area contributed by atoms with E-state index in [2.05, 4.69) is 5.32 Å². The third-order valence-electron chi connectivity index (χ3n) is 5.01. The molecule has 0 unspecified atom stereocenters. The molecule has 1 N–H and O–H groups in total. The van der Waals surface area contributed by atoms with Crippen LogP contribution in [0.3, 0.4) is 0 Å². The molecule has 3 aromatic carbocycles. The Morgan fingerprint density at radius 2 is 1.65 bits per heavy atom. The van der Waals surface area contributed by atoms with Crippen LogP contribution in [0.15, 0.2) is 77.7 Å². The fourth-order valence-electron chi connectivity index (χ4n) is 3.15.